The van der Waals surface area contributed by atoms with E-state index >= 15 is 4.39 Å². The molecule has 0 N–H and O–H groups in total. The van der Waals surface area contributed by atoms with Crippen molar-refractivity contribution in [3.63, 3.8) is 0 Å². The number of carbonyl (C=O) groups excluding carboxylic acids is 1. The van der Waals surface area contributed by atoms with Gasteiger partial charge in [0, 0.05) is 63.5 Å². The van der Waals surface area contributed by atoms with Crippen molar-refractivity contribution in [2.24, 2.45) is 0 Å². The molecule has 0 aliphatic carbocycles. The van der Waals surface area contributed by atoms with Crippen LogP contribution in [0.2, 0.25) is 0 Å². The molecule has 2 aromatic carbocycles. The van der Waals surface area contributed by atoms with Crippen LogP contribution in [0.1, 0.15) is 20.8 Å². The van der Waals surface area contributed by atoms with Crippen LogP contribution in [0.5, 0.6) is 0 Å². The number of halogens is 3. The molecule has 1 aliphatic heterocycles. The number of alkyl halides is 1. The van der Waals surface area contributed by atoms with Gasteiger partial charge in [-0.1, -0.05) is 31.9 Å². The van der Waals surface area contributed by atoms with E-state index in [9.17, 15) is 4.79 Å². The number of amides is 1. The first kappa shape index (κ1) is 23.5. The lowest BCUT2D eigenvalue weighted by atomic mass is 10.2. The van der Waals surface area contributed by atoms with Crippen LogP contribution in [0.15, 0.2) is 45.3 Å². The molecule has 1 aliphatic rings. The topological polar surface area (TPSA) is 37.7 Å². The molecule has 1 amide bonds. The van der Waals surface area contributed by atoms with Gasteiger partial charge in [-0.2, -0.15) is 0 Å². The summed E-state index contributed by atoms with van der Waals surface area (Å²) in [7, 11) is 0. The van der Waals surface area contributed by atoms with Gasteiger partial charge in [0.15, 0.2) is 0 Å². The van der Waals surface area contributed by atoms with Crippen molar-refractivity contribution >= 4 is 59.8 Å². The first-order valence-electron chi connectivity index (χ1n) is 10.8. The molecule has 1 fully saturated rings. The molecule has 1 aromatic heterocycles. The second-order valence-corrected chi connectivity index (χ2v) is 11.1. The van der Waals surface area contributed by atoms with Gasteiger partial charge in [-0.15, -0.1) is 0 Å². The van der Waals surface area contributed by atoms with Gasteiger partial charge in [0.05, 0.1) is 6.54 Å². The molecule has 0 bridgehead atoms. The molecule has 5 nitrogen and oxygen atoms in total. The highest BCUT2D eigenvalue weighted by molar-refractivity contribution is 9.10. The maximum absolute atomic E-state index is 15.3. The van der Waals surface area contributed by atoms with Crippen molar-refractivity contribution < 1.29 is 13.9 Å². The van der Waals surface area contributed by atoms with Gasteiger partial charge in [0.2, 0.25) is 0 Å². The Kier molecular flexibility index (Phi) is 6.84. The van der Waals surface area contributed by atoms with Crippen molar-refractivity contribution in [1.82, 2.24) is 14.4 Å². The van der Waals surface area contributed by atoms with E-state index in [1.165, 1.54) is 0 Å². The molecule has 0 radical (unpaired) electrons. The van der Waals surface area contributed by atoms with Gasteiger partial charge in [-0.05, 0) is 57.2 Å². The lowest BCUT2D eigenvalue weighted by molar-refractivity contribution is 0.0125. The van der Waals surface area contributed by atoms with Crippen LogP contribution in [0, 0.1) is 0 Å². The second kappa shape index (κ2) is 9.31. The fourth-order valence-electron chi connectivity index (χ4n) is 4.22. The highest BCUT2D eigenvalue weighted by atomic mass is 79.9. The minimum atomic E-state index is -1.02. The Balaban J connectivity index is 1.44. The molecule has 1 atom stereocenters. The van der Waals surface area contributed by atoms with E-state index in [1.807, 2.05) is 45.0 Å². The normalized spacial score (nSPS) is 16.6. The van der Waals surface area contributed by atoms with Crippen molar-refractivity contribution in [2.45, 2.75) is 39.1 Å². The molecule has 0 saturated carbocycles. The first-order chi connectivity index (χ1) is 15.1. The Morgan fingerprint density at radius 2 is 1.50 bits per heavy atom. The minimum Gasteiger partial charge on any atom is -0.444 e. The van der Waals surface area contributed by atoms with Crippen molar-refractivity contribution in [3.8, 4) is 0 Å². The Bertz CT molecular complexity index is 1070. The third-order valence-electron chi connectivity index (χ3n) is 5.65. The zero-order valence-corrected chi connectivity index (χ0v) is 21.7. The van der Waals surface area contributed by atoms with Gasteiger partial charge in [-0.3, -0.25) is 4.90 Å². The van der Waals surface area contributed by atoms with E-state index in [0.29, 0.717) is 32.7 Å². The maximum atomic E-state index is 15.3. The highest BCUT2D eigenvalue weighted by Gasteiger charge is 2.27. The standard InChI is InChI=1S/C24H28Br2FN3O2/c1-24(2,3)32-23(31)29-10-8-28(9-11-29)14-18(27)15-30-21-6-4-16(25)12-19(21)20-13-17(26)5-7-22(20)30/h4-7,12-13,18H,8-11,14-15H2,1-3H3. The largest absolute Gasteiger partial charge is 0.444 e. The Labute approximate surface area is 204 Å². The van der Waals surface area contributed by atoms with Crippen molar-refractivity contribution in [2.75, 3.05) is 32.7 Å². The van der Waals surface area contributed by atoms with E-state index < -0.39 is 11.8 Å². The summed E-state index contributed by atoms with van der Waals surface area (Å²) >= 11 is 7.11. The second-order valence-electron chi connectivity index (χ2n) is 9.30. The van der Waals surface area contributed by atoms with Crippen LogP contribution in [0.3, 0.4) is 0 Å². The number of aromatic nitrogens is 1. The molecular weight excluding hydrogens is 541 g/mol. The monoisotopic (exact) mass is 567 g/mol. The number of rotatable bonds is 4. The summed E-state index contributed by atoms with van der Waals surface area (Å²) in [5, 5.41) is 2.21. The van der Waals surface area contributed by atoms with Crippen LogP contribution >= 0.6 is 31.9 Å². The highest BCUT2D eigenvalue weighted by Crippen LogP contribution is 2.33. The average molecular weight is 569 g/mol. The molecule has 0 spiro atoms. The summed E-state index contributed by atoms with van der Waals surface area (Å²) in [5.74, 6) is 0. The Hall–Kier alpha value is -1.64. The van der Waals surface area contributed by atoms with Crippen LogP contribution in [0.25, 0.3) is 21.8 Å². The lowest BCUT2D eigenvalue weighted by Gasteiger charge is -2.36. The molecule has 3 aromatic rings. The molecule has 1 saturated heterocycles. The number of benzene rings is 2. The summed E-state index contributed by atoms with van der Waals surface area (Å²) < 4.78 is 24.8. The zero-order valence-electron chi connectivity index (χ0n) is 18.6. The number of hydrogen-bond donors (Lipinski definition) is 0. The molecule has 8 heteroatoms. The van der Waals surface area contributed by atoms with Gasteiger partial charge in [0.25, 0.3) is 0 Å². The molecule has 2 heterocycles. The first-order valence-corrected chi connectivity index (χ1v) is 12.4. The smallest absolute Gasteiger partial charge is 0.410 e. The van der Waals surface area contributed by atoms with Crippen molar-refractivity contribution in [3.05, 3.63) is 45.3 Å². The third-order valence-corrected chi connectivity index (χ3v) is 6.64. The van der Waals surface area contributed by atoms with Crippen LogP contribution in [-0.2, 0) is 11.3 Å². The van der Waals surface area contributed by atoms with Gasteiger partial charge < -0.3 is 14.2 Å². The molecule has 4 rings (SSSR count). The number of carbonyl (C=O) groups is 1. The van der Waals surface area contributed by atoms with Crippen LogP contribution in [0.4, 0.5) is 9.18 Å². The summed E-state index contributed by atoms with van der Waals surface area (Å²) in [4.78, 5) is 16.0. The number of piperazine rings is 1. The number of hydrogen-bond acceptors (Lipinski definition) is 3. The Morgan fingerprint density at radius 1 is 0.969 bits per heavy atom. The predicted molar refractivity (Wildman–Crippen MR) is 134 cm³/mol. The fourth-order valence-corrected chi connectivity index (χ4v) is 4.94. The molecular formula is C24H28Br2FN3O2. The third kappa shape index (κ3) is 5.29. The summed E-state index contributed by atoms with van der Waals surface area (Å²) in [6, 6.07) is 12.2. The van der Waals surface area contributed by atoms with Crippen LogP contribution < -0.4 is 0 Å². The van der Waals surface area contributed by atoms with E-state index in [-0.39, 0.29) is 12.6 Å². The van der Waals surface area contributed by atoms with Crippen LogP contribution in [-0.4, -0.2) is 65.0 Å². The van der Waals surface area contributed by atoms with E-state index in [1.54, 1.807) is 4.90 Å². The van der Waals surface area contributed by atoms with E-state index in [4.69, 9.17) is 4.74 Å². The fraction of sp³-hybridized carbons (Fsp3) is 0.458. The van der Waals surface area contributed by atoms with Gasteiger partial charge in [-0.25, -0.2) is 9.18 Å². The summed E-state index contributed by atoms with van der Waals surface area (Å²) in [6.45, 7) is 8.62. The lowest BCUT2D eigenvalue weighted by Crippen LogP contribution is -2.51. The van der Waals surface area contributed by atoms with Crippen molar-refractivity contribution in [1.29, 1.82) is 0 Å². The molecule has 172 valence electrons. The zero-order chi connectivity index (χ0) is 23.0. The summed E-state index contributed by atoms with van der Waals surface area (Å²) in [5.41, 5.74) is 1.54. The van der Waals surface area contributed by atoms with Gasteiger partial charge >= 0.3 is 6.09 Å². The minimum absolute atomic E-state index is 0.287. The number of ether oxygens (including phenoxy) is 1. The number of fused-ring (bicyclic) bond motifs is 3. The maximum Gasteiger partial charge on any atom is 0.410 e. The molecule has 32 heavy (non-hydrogen) atoms. The van der Waals surface area contributed by atoms with Gasteiger partial charge in [0.1, 0.15) is 11.8 Å². The predicted octanol–water partition coefficient (Wildman–Crippen LogP) is 6.21. The average Bonchev–Trinajstić information content (AvgIpc) is 2.99. The molecule has 1 unspecified atom stereocenters. The van der Waals surface area contributed by atoms with E-state index in [2.05, 4.69) is 53.5 Å². The van der Waals surface area contributed by atoms with E-state index in [0.717, 1.165) is 30.8 Å². The summed E-state index contributed by atoms with van der Waals surface area (Å²) in [6.07, 6.45) is -1.31. The Morgan fingerprint density at radius 3 is 2.00 bits per heavy atom. The number of nitrogens with zero attached hydrogens (tertiary/aromatic N) is 3. The SMILES string of the molecule is CC(C)(C)OC(=O)N1CCN(CC(F)Cn2c3ccc(Br)cc3c3cc(Br)ccc32)CC1. The quantitative estimate of drug-likeness (QED) is 0.375.